The van der Waals surface area contributed by atoms with Crippen LogP contribution in [0.5, 0.6) is 0 Å². The van der Waals surface area contributed by atoms with E-state index in [0.717, 1.165) is 19.5 Å². The van der Waals surface area contributed by atoms with Gasteiger partial charge in [0.25, 0.3) is 5.91 Å². The molecule has 1 N–H and O–H groups in total. The smallest absolute Gasteiger partial charge is 0.255 e. The zero-order valence-corrected chi connectivity index (χ0v) is 12.3. The number of hydrogen-bond acceptors (Lipinski definition) is 2. The van der Waals surface area contributed by atoms with E-state index in [2.05, 4.69) is 19.2 Å². The molecule has 1 saturated heterocycles. The average molecular weight is 274 g/mol. The zero-order chi connectivity index (χ0) is 14.7. The number of hydrogen-bond donors (Lipinski definition) is 1. The second-order valence-corrected chi connectivity index (χ2v) is 5.88. The van der Waals surface area contributed by atoms with Crippen molar-refractivity contribution in [3.8, 4) is 0 Å². The SMILES string of the molecule is CC(=O)Nc1ccccc1C(=O)N1CC(C)CC(C)C1. The summed E-state index contributed by atoms with van der Waals surface area (Å²) in [7, 11) is 0. The van der Waals surface area contributed by atoms with E-state index in [1.54, 1.807) is 12.1 Å². The summed E-state index contributed by atoms with van der Waals surface area (Å²) in [6, 6.07) is 7.20. The van der Waals surface area contributed by atoms with Gasteiger partial charge in [-0.1, -0.05) is 26.0 Å². The molecule has 1 heterocycles. The minimum Gasteiger partial charge on any atom is -0.338 e. The van der Waals surface area contributed by atoms with Gasteiger partial charge in [-0.05, 0) is 30.4 Å². The fraction of sp³-hybridized carbons (Fsp3) is 0.500. The summed E-state index contributed by atoms with van der Waals surface area (Å²) < 4.78 is 0. The number of carbonyl (C=O) groups excluding carboxylic acids is 2. The van der Waals surface area contributed by atoms with Crippen LogP contribution >= 0.6 is 0 Å². The Hall–Kier alpha value is -1.84. The third kappa shape index (κ3) is 3.38. The maximum atomic E-state index is 12.7. The molecule has 0 radical (unpaired) electrons. The number of nitrogens with zero attached hydrogens (tertiary/aromatic N) is 1. The van der Waals surface area contributed by atoms with E-state index in [4.69, 9.17) is 0 Å². The molecule has 0 bridgehead atoms. The minimum absolute atomic E-state index is 0.00718. The van der Waals surface area contributed by atoms with Gasteiger partial charge in [0.1, 0.15) is 0 Å². The van der Waals surface area contributed by atoms with Gasteiger partial charge in [-0.25, -0.2) is 0 Å². The lowest BCUT2D eigenvalue weighted by molar-refractivity contribution is -0.114. The summed E-state index contributed by atoms with van der Waals surface area (Å²) in [5.74, 6) is 0.893. The molecule has 1 aromatic rings. The second kappa shape index (κ2) is 6.07. The molecule has 2 unspecified atom stereocenters. The molecule has 2 atom stereocenters. The van der Waals surface area contributed by atoms with E-state index in [1.807, 2.05) is 17.0 Å². The highest BCUT2D eigenvalue weighted by Crippen LogP contribution is 2.24. The number of para-hydroxylation sites is 1. The molecule has 1 fully saturated rings. The predicted molar refractivity (Wildman–Crippen MR) is 79.6 cm³/mol. The lowest BCUT2D eigenvalue weighted by Gasteiger charge is -2.35. The van der Waals surface area contributed by atoms with E-state index >= 15 is 0 Å². The highest BCUT2D eigenvalue weighted by molar-refractivity contribution is 6.03. The van der Waals surface area contributed by atoms with Crippen LogP contribution in [0.4, 0.5) is 5.69 Å². The molecule has 2 amide bonds. The number of amides is 2. The predicted octanol–water partition coefficient (Wildman–Crippen LogP) is 2.76. The van der Waals surface area contributed by atoms with Gasteiger partial charge in [-0.3, -0.25) is 9.59 Å². The Balaban J connectivity index is 2.22. The lowest BCUT2D eigenvalue weighted by atomic mass is 9.91. The van der Waals surface area contributed by atoms with Crippen LogP contribution in [0.25, 0.3) is 0 Å². The first kappa shape index (κ1) is 14.6. The van der Waals surface area contributed by atoms with Crippen LogP contribution in [0, 0.1) is 11.8 Å². The topological polar surface area (TPSA) is 49.4 Å². The molecule has 0 saturated carbocycles. The van der Waals surface area contributed by atoms with E-state index in [-0.39, 0.29) is 11.8 Å². The van der Waals surface area contributed by atoms with E-state index in [0.29, 0.717) is 23.1 Å². The van der Waals surface area contributed by atoms with Gasteiger partial charge in [0, 0.05) is 20.0 Å². The molecule has 0 aromatic heterocycles. The van der Waals surface area contributed by atoms with Crippen LogP contribution < -0.4 is 5.32 Å². The first-order valence-electron chi connectivity index (χ1n) is 7.13. The van der Waals surface area contributed by atoms with Crippen LogP contribution in [0.15, 0.2) is 24.3 Å². The fourth-order valence-corrected chi connectivity index (χ4v) is 2.97. The van der Waals surface area contributed by atoms with Crippen molar-refractivity contribution in [1.29, 1.82) is 0 Å². The molecule has 1 aromatic carbocycles. The monoisotopic (exact) mass is 274 g/mol. The van der Waals surface area contributed by atoms with Gasteiger partial charge in [-0.2, -0.15) is 0 Å². The summed E-state index contributed by atoms with van der Waals surface area (Å²) in [4.78, 5) is 25.8. The summed E-state index contributed by atoms with van der Waals surface area (Å²) in [5.41, 5.74) is 1.17. The first-order valence-corrected chi connectivity index (χ1v) is 7.13. The highest BCUT2D eigenvalue weighted by Gasteiger charge is 2.27. The average Bonchev–Trinajstić information content (AvgIpc) is 2.36. The van der Waals surface area contributed by atoms with Crippen LogP contribution in [0.1, 0.15) is 37.6 Å². The standard InChI is InChI=1S/C16H22N2O2/c1-11-8-12(2)10-18(9-11)16(20)14-6-4-5-7-15(14)17-13(3)19/h4-7,11-12H,8-10H2,1-3H3,(H,17,19). The third-order valence-electron chi connectivity index (χ3n) is 3.62. The van der Waals surface area contributed by atoms with E-state index < -0.39 is 0 Å². The number of nitrogens with one attached hydrogen (secondary N) is 1. The number of likely N-dealkylation sites (tertiary alicyclic amines) is 1. The molecule has 4 heteroatoms. The number of piperidine rings is 1. The Morgan fingerprint density at radius 1 is 1.15 bits per heavy atom. The minimum atomic E-state index is -0.161. The summed E-state index contributed by atoms with van der Waals surface area (Å²) in [6.07, 6.45) is 1.16. The van der Waals surface area contributed by atoms with Crippen molar-refractivity contribution in [2.24, 2.45) is 11.8 Å². The van der Waals surface area contributed by atoms with E-state index in [9.17, 15) is 9.59 Å². The highest BCUT2D eigenvalue weighted by atomic mass is 16.2. The van der Waals surface area contributed by atoms with Gasteiger partial charge in [0.2, 0.25) is 5.91 Å². The van der Waals surface area contributed by atoms with Crippen LogP contribution in [-0.4, -0.2) is 29.8 Å². The van der Waals surface area contributed by atoms with Gasteiger partial charge in [0.05, 0.1) is 11.3 Å². The molecule has 20 heavy (non-hydrogen) atoms. The van der Waals surface area contributed by atoms with Gasteiger partial charge in [-0.15, -0.1) is 0 Å². The molecule has 1 aliphatic rings. The molecular weight excluding hydrogens is 252 g/mol. The zero-order valence-electron chi connectivity index (χ0n) is 12.3. The van der Waals surface area contributed by atoms with Crippen molar-refractivity contribution in [2.75, 3.05) is 18.4 Å². The van der Waals surface area contributed by atoms with Crippen LogP contribution in [-0.2, 0) is 4.79 Å². The normalized spacial score (nSPS) is 22.4. The van der Waals surface area contributed by atoms with Crippen molar-refractivity contribution in [2.45, 2.75) is 27.2 Å². The van der Waals surface area contributed by atoms with Crippen molar-refractivity contribution < 1.29 is 9.59 Å². The third-order valence-corrected chi connectivity index (χ3v) is 3.62. The number of anilines is 1. The Labute approximate surface area is 120 Å². The van der Waals surface area contributed by atoms with E-state index in [1.165, 1.54) is 6.92 Å². The molecule has 4 nitrogen and oxygen atoms in total. The largest absolute Gasteiger partial charge is 0.338 e. The Morgan fingerprint density at radius 2 is 1.75 bits per heavy atom. The first-order chi connectivity index (χ1) is 9.47. The maximum absolute atomic E-state index is 12.7. The van der Waals surface area contributed by atoms with Crippen molar-refractivity contribution in [3.05, 3.63) is 29.8 Å². The molecule has 0 aliphatic carbocycles. The number of carbonyl (C=O) groups is 2. The molecule has 108 valence electrons. The van der Waals surface area contributed by atoms with Crippen molar-refractivity contribution in [3.63, 3.8) is 0 Å². The summed E-state index contributed by atoms with van der Waals surface area (Å²) >= 11 is 0. The lowest BCUT2D eigenvalue weighted by Crippen LogP contribution is -2.42. The van der Waals surface area contributed by atoms with Crippen molar-refractivity contribution in [1.82, 2.24) is 4.90 Å². The Kier molecular flexibility index (Phi) is 4.42. The molecule has 1 aliphatic heterocycles. The van der Waals surface area contributed by atoms with Crippen LogP contribution in [0.2, 0.25) is 0 Å². The number of rotatable bonds is 2. The molecule has 0 spiro atoms. The van der Waals surface area contributed by atoms with Gasteiger partial charge < -0.3 is 10.2 Å². The van der Waals surface area contributed by atoms with Gasteiger partial charge >= 0.3 is 0 Å². The Morgan fingerprint density at radius 3 is 2.35 bits per heavy atom. The molecular formula is C16H22N2O2. The quantitative estimate of drug-likeness (QED) is 0.901. The van der Waals surface area contributed by atoms with Gasteiger partial charge in [0.15, 0.2) is 0 Å². The summed E-state index contributed by atoms with van der Waals surface area (Å²) in [6.45, 7) is 7.38. The molecule has 2 rings (SSSR count). The fourth-order valence-electron chi connectivity index (χ4n) is 2.97. The van der Waals surface area contributed by atoms with Crippen LogP contribution in [0.3, 0.4) is 0 Å². The Bertz CT molecular complexity index is 503. The van der Waals surface area contributed by atoms with Crippen molar-refractivity contribution >= 4 is 17.5 Å². The second-order valence-electron chi connectivity index (χ2n) is 5.88. The maximum Gasteiger partial charge on any atom is 0.255 e. The number of benzene rings is 1. The summed E-state index contributed by atoms with van der Waals surface area (Å²) in [5, 5.41) is 2.73.